The molecule has 0 bridgehead atoms. The standard InChI is InChI=1S/C15H20O/c1-2-12-4-3-5-15(10-12)14-8-6-13(11-16)7-9-14/h6-9,11-12,15H,2-5,10H2,1H3. The summed E-state index contributed by atoms with van der Waals surface area (Å²) in [5.41, 5.74) is 2.20. The van der Waals surface area contributed by atoms with Crippen LogP contribution in [0.5, 0.6) is 0 Å². The van der Waals surface area contributed by atoms with Crippen LogP contribution in [-0.4, -0.2) is 6.29 Å². The zero-order valence-corrected chi connectivity index (χ0v) is 9.99. The third-order valence-electron chi connectivity index (χ3n) is 3.90. The molecule has 1 nitrogen and oxygen atoms in total. The van der Waals surface area contributed by atoms with Crippen LogP contribution in [0.4, 0.5) is 0 Å². The highest BCUT2D eigenvalue weighted by atomic mass is 16.1. The van der Waals surface area contributed by atoms with Crippen LogP contribution in [0.1, 0.15) is 60.9 Å². The fourth-order valence-electron chi connectivity index (χ4n) is 2.81. The summed E-state index contributed by atoms with van der Waals surface area (Å²) in [6.07, 6.45) is 7.63. The molecule has 0 heterocycles. The van der Waals surface area contributed by atoms with Crippen molar-refractivity contribution in [2.24, 2.45) is 5.92 Å². The fraction of sp³-hybridized carbons (Fsp3) is 0.533. The summed E-state index contributed by atoms with van der Waals surface area (Å²) in [6, 6.07) is 8.15. The molecule has 86 valence electrons. The number of rotatable bonds is 3. The number of hydrogen-bond acceptors (Lipinski definition) is 1. The van der Waals surface area contributed by atoms with Crippen LogP contribution in [0.25, 0.3) is 0 Å². The third-order valence-corrected chi connectivity index (χ3v) is 3.90. The van der Waals surface area contributed by atoms with Crippen molar-refractivity contribution in [2.45, 2.75) is 44.9 Å². The van der Waals surface area contributed by atoms with E-state index >= 15 is 0 Å². The van der Waals surface area contributed by atoms with Crippen LogP contribution in [-0.2, 0) is 0 Å². The molecule has 0 spiro atoms. The van der Waals surface area contributed by atoms with Crippen LogP contribution in [0.15, 0.2) is 24.3 Å². The first-order valence-corrected chi connectivity index (χ1v) is 6.38. The normalized spacial score (nSPS) is 25.3. The van der Waals surface area contributed by atoms with Gasteiger partial charge in [0.2, 0.25) is 0 Å². The molecule has 0 aliphatic heterocycles. The quantitative estimate of drug-likeness (QED) is 0.693. The van der Waals surface area contributed by atoms with E-state index < -0.39 is 0 Å². The third kappa shape index (κ3) is 2.52. The molecule has 0 N–H and O–H groups in total. The molecule has 2 unspecified atom stereocenters. The number of aldehydes is 1. The minimum Gasteiger partial charge on any atom is -0.298 e. The van der Waals surface area contributed by atoms with E-state index in [9.17, 15) is 4.79 Å². The summed E-state index contributed by atoms with van der Waals surface area (Å²) in [6.45, 7) is 2.29. The van der Waals surface area contributed by atoms with Gasteiger partial charge in [-0.3, -0.25) is 4.79 Å². The molecule has 1 aromatic carbocycles. The minimum absolute atomic E-state index is 0.722. The molecule has 1 aliphatic carbocycles. The van der Waals surface area contributed by atoms with E-state index in [-0.39, 0.29) is 0 Å². The van der Waals surface area contributed by atoms with E-state index in [1.807, 2.05) is 12.1 Å². The average molecular weight is 216 g/mol. The Balaban J connectivity index is 2.07. The van der Waals surface area contributed by atoms with Gasteiger partial charge in [-0.15, -0.1) is 0 Å². The zero-order valence-electron chi connectivity index (χ0n) is 9.99. The second kappa shape index (κ2) is 5.29. The Labute approximate surface area is 97.9 Å². The molecule has 1 aromatic rings. The van der Waals surface area contributed by atoms with Crippen LogP contribution >= 0.6 is 0 Å². The summed E-state index contributed by atoms with van der Waals surface area (Å²) in [5.74, 6) is 1.63. The van der Waals surface area contributed by atoms with Gasteiger partial charge in [0.15, 0.2) is 0 Å². The highest BCUT2D eigenvalue weighted by molar-refractivity contribution is 5.74. The molecule has 2 rings (SSSR count). The molecule has 1 fully saturated rings. The Morgan fingerprint density at radius 3 is 2.62 bits per heavy atom. The predicted octanol–water partition coefficient (Wildman–Crippen LogP) is 4.18. The lowest BCUT2D eigenvalue weighted by atomic mass is 9.77. The van der Waals surface area contributed by atoms with Gasteiger partial charge >= 0.3 is 0 Å². The molecule has 0 aromatic heterocycles. The Kier molecular flexibility index (Phi) is 3.76. The van der Waals surface area contributed by atoms with Crippen molar-refractivity contribution < 1.29 is 4.79 Å². The van der Waals surface area contributed by atoms with Crippen molar-refractivity contribution in [3.63, 3.8) is 0 Å². The lowest BCUT2D eigenvalue weighted by Crippen LogP contribution is -2.13. The van der Waals surface area contributed by atoms with Gasteiger partial charge in [0.1, 0.15) is 6.29 Å². The molecular weight excluding hydrogens is 196 g/mol. The summed E-state index contributed by atoms with van der Waals surface area (Å²) in [5, 5.41) is 0. The first-order chi connectivity index (χ1) is 7.83. The first kappa shape index (κ1) is 11.4. The highest BCUT2D eigenvalue weighted by Gasteiger charge is 2.21. The van der Waals surface area contributed by atoms with Gasteiger partial charge in [0, 0.05) is 5.56 Å². The van der Waals surface area contributed by atoms with Gasteiger partial charge in [-0.05, 0) is 30.2 Å². The largest absolute Gasteiger partial charge is 0.298 e. The zero-order chi connectivity index (χ0) is 11.4. The molecular formula is C15H20O. The average Bonchev–Trinajstić information content (AvgIpc) is 2.39. The minimum atomic E-state index is 0.722. The molecule has 1 saturated carbocycles. The van der Waals surface area contributed by atoms with E-state index in [0.717, 1.165) is 23.7 Å². The van der Waals surface area contributed by atoms with Crippen molar-refractivity contribution in [1.82, 2.24) is 0 Å². The van der Waals surface area contributed by atoms with Gasteiger partial charge < -0.3 is 0 Å². The monoisotopic (exact) mass is 216 g/mol. The topological polar surface area (TPSA) is 17.1 Å². The van der Waals surface area contributed by atoms with E-state index in [1.165, 1.54) is 37.7 Å². The number of hydrogen-bond donors (Lipinski definition) is 0. The van der Waals surface area contributed by atoms with Crippen molar-refractivity contribution >= 4 is 6.29 Å². The maximum Gasteiger partial charge on any atom is 0.150 e. The summed E-state index contributed by atoms with van der Waals surface area (Å²) < 4.78 is 0. The van der Waals surface area contributed by atoms with Crippen LogP contribution in [0.3, 0.4) is 0 Å². The van der Waals surface area contributed by atoms with E-state index in [0.29, 0.717) is 0 Å². The van der Waals surface area contributed by atoms with Crippen molar-refractivity contribution in [2.75, 3.05) is 0 Å². The number of carbonyl (C=O) groups excluding carboxylic acids is 1. The Morgan fingerprint density at radius 2 is 2.00 bits per heavy atom. The van der Waals surface area contributed by atoms with E-state index in [2.05, 4.69) is 19.1 Å². The van der Waals surface area contributed by atoms with Crippen molar-refractivity contribution in [1.29, 1.82) is 0 Å². The molecule has 1 aliphatic rings. The second-order valence-corrected chi connectivity index (χ2v) is 4.92. The molecule has 0 amide bonds. The van der Waals surface area contributed by atoms with Crippen LogP contribution in [0.2, 0.25) is 0 Å². The summed E-state index contributed by atoms with van der Waals surface area (Å²) in [4.78, 5) is 10.6. The smallest absolute Gasteiger partial charge is 0.150 e. The second-order valence-electron chi connectivity index (χ2n) is 4.92. The Morgan fingerprint density at radius 1 is 1.25 bits per heavy atom. The molecule has 2 atom stereocenters. The molecule has 16 heavy (non-hydrogen) atoms. The maximum absolute atomic E-state index is 10.6. The Hall–Kier alpha value is -1.11. The molecule has 0 radical (unpaired) electrons. The lowest BCUT2D eigenvalue weighted by molar-refractivity contribution is 0.112. The van der Waals surface area contributed by atoms with Crippen LogP contribution in [0, 0.1) is 5.92 Å². The molecule has 0 saturated heterocycles. The highest BCUT2D eigenvalue weighted by Crippen LogP contribution is 2.37. The maximum atomic E-state index is 10.6. The summed E-state index contributed by atoms with van der Waals surface area (Å²) in [7, 11) is 0. The van der Waals surface area contributed by atoms with Gasteiger partial charge in [0.05, 0.1) is 0 Å². The van der Waals surface area contributed by atoms with Crippen LogP contribution < -0.4 is 0 Å². The predicted molar refractivity (Wildman–Crippen MR) is 66.8 cm³/mol. The Bertz CT molecular complexity index is 339. The van der Waals surface area contributed by atoms with Gasteiger partial charge in [0.25, 0.3) is 0 Å². The van der Waals surface area contributed by atoms with Crippen molar-refractivity contribution in [3.05, 3.63) is 35.4 Å². The van der Waals surface area contributed by atoms with Gasteiger partial charge in [-0.25, -0.2) is 0 Å². The fourth-order valence-corrected chi connectivity index (χ4v) is 2.81. The van der Waals surface area contributed by atoms with E-state index in [4.69, 9.17) is 0 Å². The first-order valence-electron chi connectivity index (χ1n) is 6.38. The van der Waals surface area contributed by atoms with Gasteiger partial charge in [-0.1, -0.05) is 50.5 Å². The van der Waals surface area contributed by atoms with E-state index in [1.54, 1.807) is 0 Å². The number of carbonyl (C=O) groups is 1. The van der Waals surface area contributed by atoms with Crippen molar-refractivity contribution in [3.8, 4) is 0 Å². The number of benzene rings is 1. The van der Waals surface area contributed by atoms with Gasteiger partial charge in [-0.2, -0.15) is 0 Å². The molecule has 1 heteroatoms. The SMILES string of the molecule is CCC1CCCC(c2ccc(C=O)cc2)C1. The lowest BCUT2D eigenvalue weighted by Gasteiger charge is -2.28. The summed E-state index contributed by atoms with van der Waals surface area (Å²) >= 11 is 0.